The molecule has 1 heterocycles. The molecule has 5 nitrogen and oxygen atoms in total. The number of aliphatic hydroxyl groups is 1. The molecule has 0 spiro atoms. The summed E-state index contributed by atoms with van der Waals surface area (Å²) >= 11 is 0. The van der Waals surface area contributed by atoms with E-state index >= 15 is 0 Å². The molecule has 1 fully saturated rings. The van der Waals surface area contributed by atoms with E-state index in [9.17, 15) is 27.9 Å². The molecule has 1 saturated heterocycles. The van der Waals surface area contributed by atoms with Crippen molar-refractivity contribution >= 4 is 11.9 Å². The van der Waals surface area contributed by atoms with Crippen molar-refractivity contribution in [1.29, 1.82) is 0 Å². The summed E-state index contributed by atoms with van der Waals surface area (Å²) in [7, 11) is 0. The van der Waals surface area contributed by atoms with Crippen LogP contribution in [0.15, 0.2) is 0 Å². The van der Waals surface area contributed by atoms with Gasteiger partial charge < -0.3 is 15.1 Å². The summed E-state index contributed by atoms with van der Waals surface area (Å²) in [4.78, 5) is 22.0. The molecule has 1 aliphatic rings. The van der Waals surface area contributed by atoms with Crippen LogP contribution in [0.5, 0.6) is 0 Å². The highest BCUT2D eigenvalue weighted by atomic mass is 19.4. The molecule has 0 aromatic carbocycles. The van der Waals surface area contributed by atoms with Crippen LogP contribution in [0.2, 0.25) is 0 Å². The molecule has 0 aromatic rings. The summed E-state index contributed by atoms with van der Waals surface area (Å²) in [6.45, 7) is 1.13. The maximum atomic E-state index is 12.0. The highest BCUT2D eigenvalue weighted by Crippen LogP contribution is 2.40. The largest absolute Gasteiger partial charge is 0.481 e. The lowest BCUT2D eigenvalue weighted by atomic mass is 9.70. The van der Waals surface area contributed by atoms with Gasteiger partial charge in [-0.05, 0) is 13.8 Å². The number of carboxylic acid groups (broad SMARTS) is 1. The number of β-amino-alcohol motifs (C(OH)–C–C–N with tert-alkyl or cyclic N) is 1. The average Bonchev–Trinajstić information content (AvgIpc) is 2.09. The maximum absolute atomic E-state index is 12.0. The Bertz CT molecular complexity index is 358. The molecule has 1 aliphatic heterocycles. The molecule has 0 bridgehead atoms. The van der Waals surface area contributed by atoms with E-state index < -0.39 is 42.2 Å². The first kappa shape index (κ1) is 13.8. The second-order valence-electron chi connectivity index (χ2n) is 4.62. The number of carboxylic acids is 1. The lowest BCUT2D eigenvalue weighted by Gasteiger charge is -2.52. The molecule has 0 radical (unpaired) electrons. The molecule has 1 amide bonds. The zero-order valence-electron chi connectivity index (χ0n) is 9.21. The van der Waals surface area contributed by atoms with E-state index in [1.165, 1.54) is 13.8 Å². The van der Waals surface area contributed by atoms with Crippen molar-refractivity contribution in [2.75, 3.05) is 13.1 Å². The Morgan fingerprint density at radius 3 is 1.94 bits per heavy atom. The Balaban J connectivity index is 2.74. The zero-order chi connectivity index (χ0) is 13.6. The van der Waals surface area contributed by atoms with Gasteiger partial charge in [0.05, 0.1) is 18.5 Å². The first-order chi connectivity index (χ1) is 7.42. The van der Waals surface area contributed by atoms with Crippen molar-refractivity contribution in [3.8, 4) is 0 Å². The number of nitrogens with zero attached hydrogens (tertiary/aromatic N) is 1. The van der Waals surface area contributed by atoms with E-state index in [0.29, 0.717) is 4.90 Å². The summed E-state index contributed by atoms with van der Waals surface area (Å²) in [5.41, 5.74) is -3.45. The van der Waals surface area contributed by atoms with Crippen LogP contribution in [0.4, 0.5) is 13.2 Å². The van der Waals surface area contributed by atoms with E-state index in [0.717, 1.165) is 0 Å². The van der Waals surface area contributed by atoms with E-state index in [4.69, 9.17) is 5.11 Å². The molecule has 0 unspecified atom stereocenters. The number of carbonyl (C=O) groups excluding carboxylic acids is 1. The zero-order valence-corrected chi connectivity index (χ0v) is 9.21. The van der Waals surface area contributed by atoms with Gasteiger partial charge in [0, 0.05) is 0 Å². The van der Waals surface area contributed by atoms with E-state index in [1.54, 1.807) is 0 Å². The predicted molar refractivity (Wildman–Crippen MR) is 49.0 cm³/mol. The molecule has 0 aliphatic carbocycles. The third-order valence-electron chi connectivity index (χ3n) is 3.13. The Morgan fingerprint density at radius 1 is 1.24 bits per heavy atom. The van der Waals surface area contributed by atoms with Crippen molar-refractivity contribution < 1.29 is 33.0 Å². The summed E-state index contributed by atoms with van der Waals surface area (Å²) in [6, 6.07) is 0. The fourth-order valence-electron chi connectivity index (χ4n) is 1.50. The van der Waals surface area contributed by atoms with Crippen molar-refractivity contribution in [3.05, 3.63) is 0 Å². The predicted octanol–water partition coefficient (Wildman–Crippen LogP) is 0.233. The van der Waals surface area contributed by atoms with Gasteiger partial charge in [0.25, 0.3) is 0 Å². The van der Waals surface area contributed by atoms with Gasteiger partial charge in [0.15, 0.2) is 0 Å². The number of rotatable bonds is 2. The van der Waals surface area contributed by atoms with Crippen LogP contribution in [0.3, 0.4) is 0 Å². The monoisotopic (exact) mass is 255 g/mol. The number of carbonyl (C=O) groups is 2. The fourth-order valence-corrected chi connectivity index (χ4v) is 1.50. The fraction of sp³-hybridized carbons (Fsp3) is 0.778. The van der Waals surface area contributed by atoms with Crippen LogP contribution in [0.25, 0.3) is 0 Å². The third-order valence-corrected chi connectivity index (χ3v) is 3.13. The normalized spacial score (nSPS) is 19.8. The van der Waals surface area contributed by atoms with Gasteiger partial charge >= 0.3 is 18.1 Å². The summed E-state index contributed by atoms with van der Waals surface area (Å²) in [5.74, 6) is -3.40. The van der Waals surface area contributed by atoms with Crippen LogP contribution < -0.4 is 0 Å². The van der Waals surface area contributed by atoms with Crippen molar-refractivity contribution in [3.63, 3.8) is 0 Å². The molecule has 17 heavy (non-hydrogen) atoms. The molecule has 98 valence electrons. The smallest absolute Gasteiger partial charge is 0.471 e. The molecular formula is C9H12F3NO4. The number of hydrogen-bond acceptors (Lipinski definition) is 3. The van der Waals surface area contributed by atoms with Crippen LogP contribution in [-0.4, -0.2) is 51.9 Å². The standard InChI is InChI=1S/C9H12F3NO4/c1-7(2,6(15)16)8(17)3-13(4-8)5(14)9(10,11)12/h17H,3-4H2,1-2H3,(H,15,16). The number of halogens is 3. The van der Waals surface area contributed by atoms with Gasteiger partial charge in [0.2, 0.25) is 0 Å². The number of aliphatic carboxylic acids is 1. The summed E-state index contributed by atoms with van der Waals surface area (Å²) < 4.78 is 36.1. The van der Waals surface area contributed by atoms with E-state index in [2.05, 4.69) is 0 Å². The third kappa shape index (κ3) is 2.08. The Kier molecular flexibility index (Phi) is 2.91. The first-order valence-corrected chi connectivity index (χ1v) is 4.74. The average molecular weight is 255 g/mol. The minimum Gasteiger partial charge on any atom is -0.481 e. The van der Waals surface area contributed by atoms with Gasteiger partial charge in [-0.3, -0.25) is 9.59 Å². The number of hydrogen-bond donors (Lipinski definition) is 2. The molecule has 0 atom stereocenters. The van der Waals surface area contributed by atoms with Gasteiger partial charge in [-0.1, -0.05) is 0 Å². The maximum Gasteiger partial charge on any atom is 0.471 e. The second-order valence-corrected chi connectivity index (χ2v) is 4.62. The topological polar surface area (TPSA) is 77.8 Å². The Labute approximate surface area is 94.8 Å². The lowest BCUT2D eigenvalue weighted by molar-refractivity contribution is -0.220. The van der Waals surface area contributed by atoms with Crippen LogP contribution in [0, 0.1) is 5.41 Å². The van der Waals surface area contributed by atoms with Crippen molar-refractivity contribution in [2.45, 2.75) is 25.6 Å². The highest BCUT2D eigenvalue weighted by Gasteiger charge is 2.60. The van der Waals surface area contributed by atoms with Gasteiger partial charge in [-0.15, -0.1) is 0 Å². The first-order valence-electron chi connectivity index (χ1n) is 4.74. The highest BCUT2D eigenvalue weighted by molar-refractivity contribution is 5.84. The molecule has 0 aromatic heterocycles. The Hall–Kier alpha value is -1.31. The second kappa shape index (κ2) is 3.59. The van der Waals surface area contributed by atoms with Gasteiger partial charge in [-0.2, -0.15) is 13.2 Å². The molecule has 2 N–H and O–H groups in total. The van der Waals surface area contributed by atoms with Gasteiger partial charge in [0.1, 0.15) is 5.60 Å². The summed E-state index contributed by atoms with van der Waals surface area (Å²) in [6.07, 6.45) is -5.01. The van der Waals surface area contributed by atoms with E-state index in [-0.39, 0.29) is 0 Å². The molecule has 1 rings (SSSR count). The van der Waals surface area contributed by atoms with E-state index in [1.807, 2.05) is 0 Å². The lowest BCUT2D eigenvalue weighted by Crippen LogP contribution is -2.72. The molecule has 8 heteroatoms. The van der Waals surface area contributed by atoms with Crippen LogP contribution in [-0.2, 0) is 9.59 Å². The number of alkyl halides is 3. The molecule has 0 saturated carbocycles. The van der Waals surface area contributed by atoms with Crippen molar-refractivity contribution in [2.24, 2.45) is 5.41 Å². The van der Waals surface area contributed by atoms with Crippen LogP contribution >= 0.6 is 0 Å². The SMILES string of the molecule is CC(C)(C(=O)O)C1(O)CN(C(=O)C(F)(F)F)C1. The number of amides is 1. The number of likely N-dealkylation sites (tertiary alicyclic amines) is 1. The van der Waals surface area contributed by atoms with Crippen LogP contribution in [0.1, 0.15) is 13.8 Å². The Morgan fingerprint density at radius 2 is 1.65 bits per heavy atom. The summed E-state index contributed by atoms with van der Waals surface area (Å²) in [5, 5.41) is 18.7. The van der Waals surface area contributed by atoms with Crippen molar-refractivity contribution in [1.82, 2.24) is 4.90 Å². The molecular weight excluding hydrogens is 243 g/mol. The minimum absolute atomic E-state index is 0.380. The minimum atomic E-state index is -5.01. The van der Waals surface area contributed by atoms with Gasteiger partial charge in [-0.25, -0.2) is 0 Å². The quantitative estimate of drug-likeness (QED) is 0.740.